The van der Waals surface area contributed by atoms with Gasteiger partial charge in [0, 0.05) is 15.8 Å². The first-order chi connectivity index (χ1) is 8.72. The van der Waals surface area contributed by atoms with Crippen molar-refractivity contribution in [3.8, 4) is 0 Å². The minimum atomic E-state index is 0.242. The zero-order chi connectivity index (χ0) is 12.5. The fourth-order valence-corrected chi connectivity index (χ4v) is 3.44. The van der Waals surface area contributed by atoms with E-state index >= 15 is 0 Å². The molecule has 1 N–H and O–H groups in total. The summed E-state index contributed by atoms with van der Waals surface area (Å²) in [6, 6.07) is 8.89. The first-order valence-electron chi connectivity index (χ1n) is 5.88. The molecule has 0 fully saturated rings. The highest BCUT2D eigenvalue weighted by atomic mass is 32.1. The Bertz CT molecular complexity index is 669. The molecule has 1 aromatic carbocycles. The van der Waals surface area contributed by atoms with Crippen molar-refractivity contribution in [1.82, 2.24) is 4.98 Å². The zero-order valence-corrected chi connectivity index (χ0v) is 11.9. The van der Waals surface area contributed by atoms with Crippen molar-refractivity contribution in [3.63, 3.8) is 0 Å². The highest BCUT2D eigenvalue weighted by Crippen LogP contribution is 2.26. The number of thiazole rings is 1. The molecule has 0 saturated heterocycles. The summed E-state index contributed by atoms with van der Waals surface area (Å²) in [7, 11) is 0. The van der Waals surface area contributed by atoms with Gasteiger partial charge in [-0.25, -0.2) is 4.98 Å². The standard InChI is InChI=1S/C14H14N2S2/c1-9(13-8-18-10(2)16-13)15-12-3-4-14-11(7-12)5-6-17-14/h3-9,15H,1-2H3. The van der Waals surface area contributed by atoms with Crippen LogP contribution >= 0.6 is 22.7 Å². The van der Waals surface area contributed by atoms with Crippen LogP contribution in [-0.2, 0) is 0 Å². The summed E-state index contributed by atoms with van der Waals surface area (Å²) < 4.78 is 1.33. The number of hydrogen-bond acceptors (Lipinski definition) is 4. The SMILES string of the molecule is Cc1nc(C(C)Nc2ccc3sccc3c2)cs1. The Morgan fingerprint density at radius 1 is 1.22 bits per heavy atom. The Labute approximate surface area is 114 Å². The number of hydrogen-bond donors (Lipinski definition) is 1. The first kappa shape index (κ1) is 11.7. The van der Waals surface area contributed by atoms with Crippen LogP contribution in [0.5, 0.6) is 0 Å². The van der Waals surface area contributed by atoms with E-state index in [0.717, 1.165) is 16.4 Å². The molecule has 2 heterocycles. The second kappa shape index (κ2) is 4.71. The lowest BCUT2D eigenvalue weighted by Crippen LogP contribution is -2.06. The maximum atomic E-state index is 4.52. The molecule has 4 heteroatoms. The zero-order valence-electron chi connectivity index (χ0n) is 10.3. The number of rotatable bonds is 3. The molecular weight excluding hydrogens is 260 g/mol. The molecular formula is C14H14N2S2. The summed E-state index contributed by atoms with van der Waals surface area (Å²) in [4.78, 5) is 4.52. The molecule has 3 aromatic rings. The summed E-state index contributed by atoms with van der Waals surface area (Å²) in [5.41, 5.74) is 2.27. The van der Waals surface area contributed by atoms with Gasteiger partial charge in [0.2, 0.25) is 0 Å². The van der Waals surface area contributed by atoms with Crippen LogP contribution in [0.15, 0.2) is 35.0 Å². The lowest BCUT2D eigenvalue weighted by atomic mass is 10.2. The van der Waals surface area contributed by atoms with E-state index in [1.165, 1.54) is 10.1 Å². The first-order valence-corrected chi connectivity index (χ1v) is 7.64. The van der Waals surface area contributed by atoms with E-state index in [1.54, 1.807) is 22.7 Å². The van der Waals surface area contributed by atoms with E-state index in [4.69, 9.17) is 0 Å². The number of anilines is 1. The molecule has 0 aliphatic carbocycles. The lowest BCUT2D eigenvalue weighted by Gasteiger charge is -2.13. The molecule has 0 aliphatic rings. The van der Waals surface area contributed by atoms with Gasteiger partial charge < -0.3 is 5.32 Å². The van der Waals surface area contributed by atoms with Crippen LogP contribution in [0.25, 0.3) is 10.1 Å². The molecule has 2 nitrogen and oxygen atoms in total. The van der Waals surface area contributed by atoms with Crippen LogP contribution in [0.3, 0.4) is 0 Å². The van der Waals surface area contributed by atoms with Crippen molar-refractivity contribution in [2.45, 2.75) is 19.9 Å². The van der Waals surface area contributed by atoms with Gasteiger partial charge in [-0.05, 0) is 48.9 Å². The molecule has 0 saturated carbocycles. The summed E-state index contributed by atoms with van der Waals surface area (Å²) >= 11 is 3.47. The maximum Gasteiger partial charge on any atom is 0.0898 e. The number of fused-ring (bicyclic) bond motifs is 1. The molecule has 0 radical (unpaired) electrons. The summed E-state index contributed by atoms with van der Waals surface area (Å²) in [6.45, 7) is 4.19. The van der Waals surface area contributed by atoms with E-state index in [1.807, 2.05) is 6.92 Å². The lowest BCUT2D eigenvalue weighted by molar-refractivity contribution is 0.846. The van der Waals surface area contributed by atoms with Gasteiger partial charge in [0.15, 0.2) is 0 Å². The van der Waals surface area contributed by atoms with Crippen molar-refractivity contribution in [2.24, 2.45) is 0 Å². The fourth-order valence-electron chi connectivity index (χ4n) is 1.96. The van der Waals surface area contributed by atoms with Crippen molar-refractivity contribution in [2.75, 3.05) is 5.32 Å². The Balaban J connectivity index is 1.83. The topological polar surface area (TPSA) is 24.9 Å². The smallest absolute Gasteiger partial charge is 0.0898 e. The van der Waals surface area contributed by atoms with Crippen LogP contribution in [0.2, 0.25) is 0 Å². The molecule has 92 valence electrons. The van der Waals surface area contributed by atoms with Crippen LogP contribution in [0.1, 0.15) is 23.7 Å². The Kier molecular flexibility index (Phi) is 3.06. The molecule has 3 rings (SSSR count). The predicted octanol–water partition coefficient (Wildman–Crippen LogP) is 4.84. The van der Waals surface area contributed by atoms with Gasteiger partial charge in [-0.3, -0.25) is 0 Å². The van der Waals surface area contributed by atoms with Gasteiger partial charge in [0.1, 0.15) is 0 Å². The average molecular weight is 274 g/mol. The van der Waals surface area contributed by atoms with Gasteiger partial charge in [-0.1, -0.05) is 0 Å². The molecule has 0 aliphatic heterocycles. The van der Waals surface area contributed by atoms with E-state index in [-0.39, 0.29) is 6.04 Å². The number of aromatic nitrogens is 1. The van der Waals surface area contributed by atoms with Crippen molar-refractivity contribution in [3.05, 3.63) is 45.7 Å². The third kappa shape index (κ3) is 2.26. The van der Waals surface area contributed by atoms with E-state index < -0.39 is 0 Å². The van der Waals surface area contributed by atoms with E-state index in [0.29, 0.717) is 0 Å². The maximum absolute atomic E-state index is 4.52. The van der Waals surface area contributed by atoms with Crippen LogP contribution in [0.4, 0.5) is 5.69 Å². The summed E-state index contributed by atoms with van der Waals surface area (Å²) in [6.07, 6.45) is 0. The van der Waals surface area contributed by atoms with Crippen LogP contribution in [-0.4, -0.2) is 4.98 Å². The van der Waals surface area contributed by atoms with E-state index in [2.05, 4.69) is 52.3 Å². The van der Waals surface area contributed by atoms with Crippen molar-refractivity contribution in [1.29, 1.82) is 0 Å². The van der Waals surface area contributed by atoms with Gasteiger partial charge in [-0.15, -0.1) is 22.7 Å². The number of aryl methyl sites for hydroxylation is 1. The normalized spacial score (nSPS) is 12.8. The van der Waals surface area contributed by atoms with E-state index in [9.17, 15) is 0 Å². The molecule has 0 bridgehead atoms. The Morgan fingerprint density at radius 3 is 2.89 bits per heavy atom. The Morgan fingerprint density at radius 2 is 2.11 bits per heavy atom. The number of thiophene rings is 1. The highest BCUT2D eigenvalue weighted by Gasteiger charge is 2.08. The number of benzene rings is 1. The quantitative estimate of drug-likeness (QED) is 0.739. The molecule has 18 heavy (non-hydrogen) atoms. The Hall–Kier alpha value is -1.39. The number of nitrogens with zero attached hydrogens (tertiary/aromatic N) is 1. The van der Waals surface area contributed by atoms with Gasteiger partial charge in [0.25, 0.3) is 0 Å². The monoisotopic (exact) mass is 274 g/mol. The second-order valence-corrected chi connectivity index (χ2v) is 6.34. The fraction of sp³-hybridized carbons (Fsp3) is 0.214. The third-order valence-electron chi connectivity index (χ3n) is 2.92. The molecule has 1 atom stereocenters. The molecule has 0 spiro atoms. The third-order valence-corrected chi connectivity index (χ3v) is 4.61. The van der Waals surface area contributed by atoms with Gasteiger partial charge in [0.05, 0.1) is 16.7 Å². The summed E-state index contributed by atoms with van der Waals surface area (Å²) in [5, 5.41) is 10.2. The van der Waals surface area contributed by atoms with Crippen molar-refractivity contribution < 1.29 is 0 Å². The second-order valence-electron chi connectivity index (χ2n) is 4.33. The minimum absolute atomic E-state index is 0.242. The van der Waals surface area contributed by atoms with Crippen LogP contribution < -0.4 is 5.32 Å². The van der Waals surface area contributed by atoms with Crippen molar-refractivity contribution >= 4 is 38.4 Å². The van der Waals surface area contributed by atoms with Crippen LogP contribution in [0, 0.1) is 6.92 Å². The molecule has 0 amide bonds. The van der Waals surface area contributed by atoms with Gasteiger partial charge >= 0.3 is 0 Å². The number of nitrogens with one attached hydrogen (secondary N) is 1. The predicted molar refractivity (Wildman–Crippen MR) is 80.7 cm³/mol. The van der Waals surface area contributed by atoms with Gasteiger partial charge in [-0.2, -0.15) is 0 Å². The summed E-state index contributed by atoms with van der Waals surface area (Å²) in [5.74, 6) is 0. The average Bonchev–Trinajstić information content (AvgIpc) is 2.96. The molecule has 2 aromatic heterocycles. The largest absolute Gasteiger partial charge is 0.377 e. The minimum Gasteiger partial charge on any atom is -0.377 e. The highest BCUT2D eigenvalue weighted by molar-refractivity contribution is 7.17. The molecule has 1 unspecified atom stereocenters.